The molecule has 2 rings (SSSR count). The molecule has 0 radical (unpaired) electrons. The number of nitrogens with one attached hydrogen (secondary N) is 1. The largest absolute Gasteiger partial charge is 0.295 e. The van der Waals surface area contributed by atoms with E-state index in [0.29, 0.717) is 5.56 Å². The van der Waals surface area contributed by atoms with Gasteiger partial charge >= 0.3 is 0 Å². The van der Waals surface area contributed by atoms with Crippen LogP contribution in [0.25, 0.3) is 0 Å². The minimum absolute atomic E-state index is 0.00165. The van der Waals surface area contributed by atoms with Gasteiger partial charge in [0.1, 0.15) is 4.21 Å². The topological polar surface area (TPSA) is 63.2 Å². The number of hydrogen-bond donors (Lipinski definition) is 1. The van der Waals surface area contributed by atoms with Crippen LogP contribution in [0.1, 0.15) is 22.8 Å². The average molecular weight is 319 g/mol. The van der Waals surface area contributed by atoms with Crippen LogP contribution in [0.5, 0.6) is 0 Å². The highest BCUT2D eigenvalue weighted by molar-refractivity contribution is 7.91. The molecule has 108 valence electrons. The summed E-state index contributed by atoms with van der Waals surface area (Å²) in [6.07, 6.45) is 0. The molecular weight excluding hydrogens is 306 g/mol. The fourth-order valence-corrected chi connectivity index (χ4v) is 3.51. The van der Waals surface area contributed by atoms with Crippen LogP contribution in [0.3, 0.4) is 0 Å². The van der Waals surface area contributed by atoms with Gasteiger partial charge in [0.2, 0.25) is 0 Å². The number of benzene rings is 1. The third kappa shape index (κ3) is 4.26. The van der Waals surface area contributed by atoms with Crippen LogP contribution in [0.15, 0.2) is 46.0 Å². The van der Waals surface area contributed by atoms with Crippen molar-refractivity contribution in [2.45, 2.75) is 11.1 Å². The Morgan fingerprint density at radius 2 is 1.95 bits per heavy atom. The molecule has 0 aliphatic heterocycles. The Morgan fingerprint density at radius 3 is 2.52 bits per heavy atom. The molecule has 0 unspecified atom stereocenters. The minimum atomic E-state index is -3.47. The van der Waals surface area contributed by atoms with Gasteiger partial charge in [-0.2, -0.15) is 4.72 Å². The van der Waals surface area contributed by atoms with E-state index in [1.807, 2.05) is 0 Å². The first-order chi connectivity index (χ1) is 9.99. The van der Waals surface area contributed by atoms with Crippen molar-refractivity contribution < 1.29 is 13.2 Å². The summed E-state index contributed by atoms with van der Waals surface area (Å²) in [5, 5.41) is 1.71. The van der Waals surface area contributed by atoms with E-state index in [9.17, 15) is 13.2 Å². The zero-order valence-corrected chi connectivity index (χ0v) is 12.9. The predicted molar refractivity (Wildman–Crippen MR) is 82.8 cm³/mol. The monoisotopic (exact) mass is 319 g/mol. The maximum atomic E-state index is 11.8. The second kappa shape index (κ2) is 6.68. The molecule has 0 aliphatic carbocycles. The molecule has 6 heteroatoms. The Hall–Kier alpha value is -1.94. The molecule has 0 bridgehead atoms. The highest BCUT2D eigenvalue weighted by Crippen LogP contribution is 2.14. The van der Waals surface area contributed by atoms with Gasteiger partial charge in [0, 0.05) is 11.1 Å². The smallest absolute Gasteiger partial charge is 0.250 e. The van der Waals surface area contributed by atoms with Crippen LogP contribution in [0.4, 0.5) is 0 Å². The number of thiophene rings is 1. The maximum Gasteiger partial charge on any atom is 0.250 e. The molecule has 0 spiro atoms. The molecule has 1 heterocycles. The van der Waals surface area contributed by atoms with Gasteiger partial charge in [-0.05, 0) is 30.5 Å². The molecule has 21 heavy (non-hydrogen) atoms. The molecular formula is C15H13NO3S2. The zero-order chi connectivity index (χ0) is 15.3. The fraction of sp³-hybridized carbons (Fsp3) is 0.133. The van der Waals surface area contributed by atoms with Crippen molar-refractivity contribution in [1.82, 2.24) is 4.72 Å². The summed E-state index contributed by atoms with van der Waals surface area (Å²) in [6.45, 7) is 1.54. The normalized spacial score (nSPS) is 10.7. The summed E-state index contributed by atoms with van der Waals surface area (Å²) in [5.41, 5.74) is 1.36. The number of carbonyl (C=O) groups excluding carboxylic acids is 1. The van der Waals surface area contributed by atoms with Crippen LogP contribution in [-0.4, -0.2) is 20.7 Å². The summed E-state index contributed by atoms with van der Waals surface area (Å²) < 4.78 is 26.3. The van der Waals surface area contributed by atoms with Gasteiger partial charge in [0.25, 0.3) is 10.0 Å². The maximum absolute atomic E-state index is 11.8. The van der Waals surface area contributed by atoms with E-state index in [4.69, 9.17) is 0 Å². The predicted octanol–water partition coefficient (Wildman–Crippen LogP) is 2.28. The highest BCUT2D eigenvalue weighted by atomic mass is 32.2. The van der Waals surface area contributed by atoms with Crippen LogP contribution >= 0.6 is 11.3 Å². The Kier molecular flexibility index (Phi) is 4.91. The van der Waals surface area contributed by atoms with E-state index in [2.05, 4.69) is 16.6 Å². The average Bonchev–Trinajstić information content (AvgIpc) is 2.99. The van der Waals surface area contributed by atoms with E-state index >= 15 is 0 Å². The lowest BCUT2D eigenvalue weighted by atomic mass is 10.1. The molecule has 0 amide bonds. The summed E-state index contributed by atoms with van der Waals surface area (Å²) in [7, 11) is -3.47. The van der Waals surface area contributed by atoms with E-state index in [1.54, 1.807) is 41.8 Å². The highest BCUT2D eigenvalue weighted by Gasteiger charge is 2.12. The quantitative estimate of drug-likeness (QED) is 0.694. The van der Waals surface area contributed by atoms with Crippen LogP contribution in [0.2, 0.25) is 0 Å². The van der Waals surface area contributed by atoms with Gasteiger partial charge < -0.3 is 0 Å². The van der Waals surface area contributed by atoms with Crippen molar-refractivity contribution in [3.05, 3.63) is 52.9 Å². The molecule has 1 N–H and O–H groups in total. The molecule has 0 aliphatic rings. The van der Waals surface area contributed by atoms with Crippen LogP contribution in [0, 0.1) is 11.8 Å². The van der Waals surface area contributed by atoms with Crippen molar-refractivity contribution in [3.63, 3.8) is 0 Å². The first-order valence-corrected chi connectivity index (χ1v) is 8.48. The lowest BCUT2D eigenvalue weighted by molar-refractivity contribution is 0.101. The minimum Gasteiger partial charge on any atom is -0.295 e. The van der Waals surface area contributed by atoms with E-state index in [-0.39, 0.29) is 16.5 Å². The number of ketones is 1. The Balaban J connectivity index is 1.97. The molecule has 0 fully saturated rings. The summed E-state index contributed by atoms with van der Waals surface area (Å²) in [6, 6.07) is 10.1. The van der Waals surface area contributed by atoms with Crippen LogP contribution in [-0.2, 0) is 10.0 Å². The number of rotatable bonds is 4. The lowest BCUT2D eigenvalue weighted by Crippen LogP contribution is -2.23. The molecule has 0 atom stereocenters. The van der Waals surface area contributed by atoms with Gasteiger partial charge in [-0.3, -0.25) is 4.79 Å². The molecule has 1 aromatic heterocycles. The summed E-state index contributed by atoms with van der Waals surface area (Å²) >= 11 is 1.16. The number of hydrogen-bond acceptors (Lipinski definition) is 4. The van der Waals surface area contributed by atoms with E-state index < -0.39 is 10.0 Å². The fourth-order valence-electron chi connectivity index (χ4n) is 1.55. The Bertz CT molecular complexity index is 780. The third-order valence-electron chi connectivity index (χ3n) is 2.63. The van der Waals surface area contributed by atoms with Crippen molar-refractivity contribution in [3.8, 4) is 11.8 Å². The van der Waals surface area contributed by atoms with Crippen molar-refractivity contribution in [2.24, 2.45) is 0 Å². The second-order valence-corrected chi connectivity index (χ2v) is 7.13. The molecule has 4 nitrogen and oxygen atoms in total. The summed E-state index contributed by atoms with van der Waals surface area (Å²) in [5.74, 6) is 5.59. The van der Waals surface area contributed by atoms with E-state index in [0.717, 1.165) is 16.9 Å². The van der Waals surface area contributed by atoms with Gasteiger partial charge in [-0.25, -0.2) is 8.42 Å². The Labute approximate surface area is 127 Å². The van der Waals surface area contributed by atoms with Crippen molar-refractivity contribution in [2.75, 3.05) is 6.54 Å². The molecule has 0 saturated heterocycles. The molecule has 2 aromatic rings. The SMILES string of the molecule is CC(=O)c1ccc(C#CCNS(=O)(=O)c2cccs2)cc1. The Morgan fingerprint density at radius 1 is 1.24 bits per heavy atom. The van der Waals surface area contributed by atoms with Crippen LogP contribution < -0.4 is 4.72 Å². The number of sulfonamides is 1. The van der Waals surface area contributed by atoms with Crippen molar-refractivity contribution in [1.29, 1.82) is 0 Å². The van der Waals surface area contributed by atoms with Gasteiger partial charge in [0.15, 0.2) is 5.78 Å². The van der Waals surface area contributed by atoms with Gasteiger partial charge in [0.05, 0.1) is 6.54 Å². The second-order valence-electron chi connectivity index (χ2n) is 4.19. The van der Waals surface area contributed by atoms with Gasteiger partial charge in [-0.15, -0.1) is 11.3 Å². The third-order valence-corrected chi connectivity index (χ3v) is 5.43. The number of Topliss-reactive ketones (excluding diaryl/α,β-unsaturated/α-hetero) is 1. The standard InChI is InChI=1S/C15H13NO3S2/c1-12(17)14-8-6-13(7-9-14)4-2-10-16-21(18,19)15-5-3-11-20-15/h3,5-9,11,16H,10H2,1H3. The molecule has 1 aromatic carbocycles. The first kappa shape index (κ1) is 15.4. The lowest BCUT2D eigenvalue weighted by Gasteiger charge is -1.99. The van der Waals surface area contributed by atoms with Crippen molar-refractivity contribution >= 4 is 27.1 Å². The summed E-state index contributed by atoms with van der Waals surface area (Å²) in [4.78, 5) is 11.1. The van der Waals surface area contributed by atoms with Gasteiger partial charge in [-0.1, -0.05) is 30.0 Å². The first-order valence-electron chi connectivity index (χ1n) is 6.12. The molecule has 0 saturated carbocycles. The van der Waals surface area contributed by atoms with E-state index in [1.165, 1.54) is 6.92 Å². The zero-order valence-electron chi connectivity index (χ0n) is 11.3. The number of carbonyl (C=O) groups is 1.